The topological polar surface area (TPSA) is 26.0 Å². The third-order valence-electron chi connectivity index (χ3n) is 3.36. The van der Waals surface area contributed by atoms with Crippen molar-refractivity contribution in [3.05, 3.63) is 0 Å². The first-order valence-corrected chi connectivity index (χ1v) is 6.66. The van der Waals surface area contributed by atoms with Crippen LogP contribution in [0.1, 0.15) is 39.5 Å². The Kier molecular flexibility index (Phi) is 4.60. The summed E-state index contributed by atoms with van der Waals surface area (Å²) in [7, 11) is 0. The highest BCUT2D eigenvalue weighted by molar-refractivity contribution is 7.99. The van der Waals surface area contributed by atoms with Gasteiger partial charge < -0.3 is 5.73 Å². The predicted octanol–water partition coefficient (Wildman–Crippen LogP) is 2.89. The summed E-state index contributed by atoms with van der Waals surface area (Å²) in [4.78, 5) is 0. The molecule has 0 heterocycles. The molecule has 2 atom stereocenters. The van der Waals surface area contributed by atoms with Gasteiger partial charge in [0.05, 0.1) is 0 Å². The first-order chi connectivity index (χ1) is 6.22. The molecule has 0 aromatic carbocycles. The van der Waals surface area contributed by atoms with Crippen LogP contribution in [0, 0.1) is 11.3 Å². The minimum Gasteiger partial charge on any atom is -0.330 e. The number of hydrogen-bond donors (Lipinski definition) is 1. The van der Waals surface area contributed by atoms with E-state index in [9.17, 15) is 0 Å². The molecule has 0 aromatic heterocycles. The molecule has 0 aliphatic heterocycles. The van der Waals surface area contributed by atoms with Crippen LogP contribution < -0.4 is 5.73 Å². The summed E-state index contributed by atoms with van der Waals surface area (Å²) in [5, 5.41) is 0. The van der Waals surface area contributed by atoms with Crippen molar-refractivity contribution in [3.8, 4) is 0 Å². The van der Waals surface area contributed by atoms with Crippen molar-refractivity contribution in [2.45, 2.75) is 39.5 Å². The number of nitrogens with two attached hydrogens (primary N) is 1. The average molecular weight is 201 g/mol. The van der Waals surface area contributed by atoms with Crippen LogP contribution in [0.2, 0.25) is 0 Å². The zero-order valence-electron chi connectivity index (χ0n) is 9.01. The van der Waals surface area contributed by atoms with E-state index >= 15 is 0 Å². The van der Waals surface area contributed by atoms with E-state index in [0.29, 0.717) is 5.41 Å². The summed E-state index contributed by atoms with van der Waals surface area (Å²) in [5.41, 5.74) is 6.42. The van der Waals surface area contributed by atoms with Crippen LogP contribution in [-0.2, 0) is 0 Å². The van der Waals surface area contributed by atoms with Gasteiger partial charge in [-0.1, -0.05) is 20.3 Å². The van der Waals surface area contributed by atoms with Crippen LogP contribution in [0.4, 0.5) is 0 Å². The summed E-state index contributed by atoms with van der Waals surface area (Å²) in [5.74, 6) is 3.46. The van der Waals surface area contributed by atoms with Gasteiger partial charge in [-0.25, -0.2) is 0 Å². The van der Waals surface area contributed by atoms with Gasteiger partial charge in [0.1, 0.15) is 0 Å². The second kappa shape index (κ2) is 5.26. The number of hydrogen-bond acceptors (Lipinski definition) is 2. The van der Waals surface area contributed by atoms with Crippen molar-refractivity contribution in [3.63, 3.8) is 0 Å². The SMILES string of the molecule is CCSCCC1(CN)CCC(C)C1. The zero-order valence-corrected chi connectivity index (χ0v) is 9.83. The van der Waals surface area contributed by atoms with Gasteiger partial charge in [0.2, 0.25) is 0 Å². The molecule has 1 aliphatic carbocycles. The van der Waals surface area contributed by atoms with E-state index in [-0.39, 0.29) is 0 Å². The maximum Gasteiger partial charge on any atom is -0.00201 e. The van der Waals surface area contributed by atoms with Crippen molar-refractivity contribution in [2.75, 3.05) is 18.1 Å². The largest absolute Gasteiger partial charge is 0.330 e. The Hall–Kier alpha value is 0.310. The Morgan fingerprint density at radius 2 is 2.31 bits per heavy atom. The molecule has 2 unspecified atom stereocenters. The molecule has 13 heavy (non-hydrogen) atoms. The lowest BCUT2D eigenvalue weighted by Crippen LogP contribution is -2.28. The second-order valence-corrected chi connectivity index (χ2v) is 5.89. The Balaban J connectivity index is 2.32. The van der Waals surface area contributed by atoms with Crippen molar-refractivity contribution >= 4 is 11.8 Å². The molecule has 1 fully saturated rings. The maximum atomic E-state index is 5.90. The fourth-order valence-corrected chi connectivity index (χ4v) is 3.31. The molecule has 0 saturated heterocycles. The molecule has 0 radical (unpaired) electrons. The van der Waals surface area contributed by atoms with Gasteiger partial charge in [-0.3, -0.25) is 0 Å². The highest BCUT2D eigenvalue weighted by Gasteiger charge is 2.35. The molecule has 0 spiro atoms. The molecule has 1 saturated carbocycles. The Bertz CT molecular complexity index is 149. The second-order valence-electron chi connectivity index (χ2n) is 4.50. The van der Waals surface area contributed by atoms with E-state index in [1.165, 1.54) is 37.2 Å². The molecule has 0 aromatic rings. The summed E-state index contributed by atoms with van der Waals surface area (Å²) in [6.45, 7) is 5.50. The van der Waals surface area contributed by atoms with Gasteiger partial charge in [0.15, 0.2) is 0 Å². The van der Waals surface area contributed by atoms with Crippen LogP contribution in [0.3, 0.4) is 0 Å². The van der Waals surface area contributed by atoms with Crippen molar-refractivity contribution in [1.29, 1.82) is 0 Å². The van der Waals surface area contributed by atoms with Crippen LogP contribution in [0.25, 0.3) is 0 Å². The summed E-state index contributed by atoms with van der Waals surface area (Å²) in [6, 6.07) is 0. The molecule has 1 rings (SSSR count). The highest BCUT2D eigenvalue weighted by Crippen LogP contribution is 2.43. The van der Waals surface area contributed by atoms with E-state index in [2.05, 4.69) is 25.6 Å². The number of rotatable bonds is 5. The van der Waals surface area contributed by atoms with E-state index in [4.69, 9.17) is 5.73 Å². The van der Waals surface area contributed by atoms with Crippen molar-refractivity contribution in [2.24, 2.45) is 17.1 Å². The van der Waals surface area contributed by atoms with Gasteiger partial charge in [-0.15, -0.1) is 0 Å². The van der Waals surface area contributed by atoms with E-state index in [1.807, 2.05) is 0 Å². The van der Waals surface area contributed by atoms with Crippen molar-refractivity contribution < 1.29 is 0 Å². The van der Waals surface area contributed by atoms with Crippen LogP contribution in [0.5, 0.6) is 0 Å². The van der Waals surface area contributed by atoms with E-state index < -0.39 is 0 Å². The Morgan fingerprint density at radius 3 is 2.77 bits per heavy atom. The molecular formula is C11H23NS. The summed E-state index contributed by atoms with van der Waals surface area (Å²) in [6.07, 6.45) is 5.48. The molecule has 1 aliphatic rings. The minimum absolute atomic E-state index is 0.515. The molecule has 0 bridgehead atoms. The molecule has 0 amide bonds. The van der Waals surface area contributed by atoms with Crippen LogP contribution in [0.15, 0.2) is 0 Å². The lowest BCUT2D eigenvalue weighted by molar-refractivity contribution is 0.289. The first kappa shape index (κ1) is 11.4. The smallest absolute Gasteiger partial charge is 0.00201 e. The Labute approximate surface area is 86.8 Å². The molecule has 2 heteroatoms. The lowest BCUT2D eigenvalue weighted by Gasteiger charge is -2.27. The van der Waals surface area contributed by atoms with Crippen molar-refractivity contribution in [1.82, 2.24) is 0 Å². The highest BCUT2D eigenvalue weighted by atomic mass is 32.2. The van der Waals surface area contributed by atoms with Crippen LogP contribution in [-0.4, -0.2) is 18.1 Å². The molecule has 78 valence electrons. The average Bonchev–Trinajstić information content (AvgIpc) is 2.49. The van der Waals surface area contributed by atoms with Gasteiger partial charge in [-0.05, 0) is 48.6 Å². The van der Waals surface area contributed by atoms with Gasteiger partial charge >= 0.3 is 0 Å². The summed E-state index contributed by atoms with van der Waals surface area (Å²) >= 11 is 2.05. The quantitative estimate of drug-likeness (QED) is 0.692. The minimum atomic E-state index is 0.515. The monoisotopic (exact) mass is 201 g/mol. The fourth-order valence-electron chi connectivity index (χ4n) is 2.44. The molecular weight excluding hydrogens is 178 g/mol. The summed E-state index contributed by atoms with van der Waals surface area (Å²) < 4.78 is 0. The third kappa shape index (κ3) is 3.17. The Morgan fingerprint density at radius 1 is 1.54 bits per heavy atom. The fraction of sp³-hybridized carbons (Fsp3) is 1.00. The zero-order chi connectivity index (χ0) is 9.73. The van der Waals surface area contributed by atoms with Crippen LogP contribution >= 0.6 is 11.8 Å². The van der Waals surface area contributed by atoms with Gasteiger partial charge in [0.25, 0.3) is 0 Å². The van der Waals surface area contributed by atoms with Gasteiger partial charge in [0, 0.05) is 0 Å². The molecule has 1 nitrogen and oxygen atoms in total. The maximum absolute atomic E-state index is 5.90. The normalized spacial score (nSPS) is 33.9. The molecule has 2 N–H and O–H groups in total. The van der Waals surface area contributed by atoms with E-state index in [1.54, 1.807) is 0 Å². The lowest BCUT2D eigenvalue weighted by atomic mass is 9.83. The number of thioether (sulfide) groups is 1. The van der Waals surface area contributed by atoms with Gasteiger partial charge in [-0.2, -0.15) is 11.8 Å². The first-order valence-electron chi connectivity index (χ1n) is 5.50. The third-order valence-corrected chi connectivity index (χ3v) is 4.26. The predicted molar refractivity (Wildman–Crippen MR) is 62.1 cm³/mol. The van der Waals surface area contributed by atoms with E-state index in [0.717, 1.165) is 12.5 Å². The standard InChI is InChI=1S/C11H23NS/c1-3-13-7-6-11(9-12)5-4-10(2)8-11/h10H,3-9,12H2,1-2H3.